The van der Waals surface area contributed by atoms with Crippen LogP contribution < -0.4 is 10.2 Å². The number of carbonyl (C=O) groups is 1. The van der Waals surface area contributed by atoms with Crippen LogP contribution in [-0.2, 0) is 11.3 Å². The van der Waals surface area contributed by atoms with Gasteiger partial charge in [0.1, 0.15) is 17.5 Å². The van der Waals surface area contributed by atoms with Crippen LogP contribution in [0.2, 0.25) is 5.15 Å². The van der Waals surface area contributed by atoms with E-state index in [0.29, 0.717) is 17.4 Å². The monoisotopic (exact) mass is 404 g/mol. The summed E-state index contributed by atoms with van der Waals surface area (Å²) in [6, 6.07) is 13.8. The van der Waals surface area contributed by atoms with Crippen molar-refractivity contribution < 1.29 is 14.1 Å². The van der Waals surface area contributed by atoms with Crippen LogP contribution in [0.15, 0.2) is 53.4 Å². The Labute approximate surface area is 166 Å². The predicted octanol–water partition coefficient (Wildman–Crippen LogP) is 3.40. The van der Waals surface area contributed by atoms with Gasteiger partial charge in [-0.05, 0) is 48.7 Å². The average Bonchev–Trinajstić information content (AvgIpc) is 2.63. The van der Waals surface area contributed by atoms with E-state index in [9.17, 15) is 9.18 Å². The number of hydrogen-bond donors (Lipinski definition) is 2. The predicted molar refractivity (Wildman–Crippen MR) is 109 cm³/mol. The Balaban J connectivity index is 1.66. The molecule has 0 saturated carbocycles. The minimum Gasteiger partial charge on any atom is -0.326 e. The fourth-order valence-corrected chi connectivity index (χ4v) is 3.46. The summed E-state index contributed by atoms with van der Waals surface area (Å²) in [7, 11) is 1.92. The summed E-state index contributed by atoms with van der Waals surface area (Å²) >= 11 is 8.02. The second-order valence-electron chi connectivity index (χ2n) is 6.36. The molecule has 27 heavy (non-hydrogen) atoms. The number of rotatable bonds is 6. The maximum Gasteiger partial charge on any atom is 0.279 e. The van der Waals surface area contributed by atoms with Crippen LogP contribution in [0.25, 0.3) is 10.9 Å². The van der Waals surface area contributed by atoms with Gasteiger partial charge >= 0.3 is 0 Å². The molecule has 140 valence electrons. The summed E-state index contributed by atoms with van der Waals surface area (Å²) in [5, 5.41) is 4.25. The quantitative estimate of drug-likeness (QED) is 0.489. The lowest BCUT2D eigenvalue weighted by atomic mass is 10.1. The number of anilines is 1. The zero-order chi connectivity index (χ0) is 19.4. The number of halogens is 2. The molecule has 3 rings (SSSR count). The summed E-state index contributed by atoms with van der Waals surface area (Å²) in [6.45, 7) is 0.833. The first-order chi connectivity index (χ1) is 12.9. The number of quaternary nitrogens is 1. The van der Waals surface area contributed by atoms with Crippen LogP contribution in [0.3, 0.4) is 0 Å². The second-order valence-corrected chi connectivity index (χ2v) is 7.60. The lowest BCUT2D eigenvalue weighted by molar-refractivity contribution is -0.885. The Morgan fingerprint density at radius 1 is 1.22 bits per heavy atom. The molecule has 3 aromatic rings. The average molecular weight is 405 g/mol. The SMILES string of the molecule is CSc1ccc2cc(C[NH+](C)CC(=O)Nc3ccc(F)cc3)c(Cl)nc2c1. The zero-order valence-electron chi connectivity index (χ0n) is 15.1. The summed E-state index contributed by atoms with van der Waals surface area (Å²) in [6.07, 6.45) is 2.02. The van der Waals surface area contributed by atoms with E-state index in [4.69, 9.17) is 11.6 Å². The molecule has 1 heterocycles. The van der Waals surface area contributed by atoms with Crippen molar-refractivity contribution in [1.82, 2.24) is 4.98 Å². The Morgan fingerprint density at radius 3 is 2.67 bits per heavy atom. The normalized spacial score (nSPS) is 12.1. The number of carbonyl (C=O) groups excluding carboxylic acids is 1. The van der Waals surface area contributed by atoms with Gasteiger partial charge in [0, 0.05) is 21.5 Å². The number of thioether (sulfide) groups is 1. The third-order valence-electron chi connectivity index (χ3n) is 4.13. The molecule has 0 aliphatic heterocycles. The summed E-state index contributed by atoms with van der Waals surface area (Å²) < 4.78 is 12.9. The van der Waals surface area contributed by atoms with Crippen LogP contribution in [0.4, 0.5) is 10.1 Å². The van der Waals surface area contributed by atoms with Gasteiger partial charge in [0.15, 0.2) is 6.54 Å². The van der Waals surface area contributed by atoms with Crippen LogP contribution in [-0.4, -0.2) is 30.7 Å². The fraction of sp³-hybridized carbons (Fsp3) is 0.200. The van der Waals surface area contributed by atoms with Crippen LogP contribution in [0, 0.1) is 5.82 Å². The maximum atomic E-state index is 12.9. The minimum atomic E-state index is -0.334. The molecule has 0 fully saturated rings. The van der Waals surface area contributed by atoms with Gasteiger partial charge in [-0.25, -0.2) is 9.37 Å². The van der Waals surface area contributed by atoms with E-state index in [-0.39, 0.29) is 18.3 Å². The molecular weight excluding hydrogens is 385 g/mol. The molecule has 0 radical (unpaired) electrons. The van der Waals surface area contributed by atoms with E-state index in [1.54, 1.807) is 11.8 Å². The Bertz CT molecular complexity index is 965. The number of nitrogens with zero attached hydrogens (tertiary/aromatic N) is 1. The van der Waals surface area contributed by atoms with Crippen molar-refractivity contribution in [3.63, 3.8) is 0 Å². The Morgan fingerprint density at radius 2 is 1.96 bits per heavy atom. The molecule has 0 spiro atoms. The number of benzene rings is 2. The first kappa shape index (κ1) is 19.6. The van der Waals surface area contributed by atoms with Gasteiger partial charge in [0.25, 0.3) is 5.91 Å². The highest BCUT2D eigenvalue weighted by Gasteiger charge is 2.14. The summed E-state index contributed by atoms with van der Waals surface area (Å²) in [4.78, 5) is 18.8. The number of likely N-dealkylation sites (N-methyl/N-ethyl adjacent to an activating group) is 1. The highest BCUT2D eigenvalue weighted by Crippen LogP contribution is 2.24. The highest BCUT2D eigenvalue weighted by molar-refractivity contribution is 7.98. The highest BCUT2D eigenvalue weighted by atomic mass is 35.5. The van der Waals surface area contributed by atoms with E-state index in [1.165, 1.54) is 24.3 Å². The first-order valence-electron chi connectivity index (χ1n) is 8.44. The van der Waals surface area contributed by atoms with Crippen molar-refractivity contribution in [2.75, 3.05) is 25.2 Å². The van der Waals surface area contributed by atoms with Crippen molar-refractivity contribution in [2.45, 2.75) is 11.4 Å². The standard InChI is InChI=1S/C20H19ClFN3OS/c1-25(12-19(26)23-16-6-4-15(22)5-7-16)11-14-9-13-3-8-17(27-2)10-18(13)24-20(14)21/h3-10H,11-12H2,1-2H3,(H,23,26)/p+1. The largest absolute Gasteiger partial charge is 0.326 e. The van der Waals surface area contributed by atoms with Crippen molar-refractivity contribution in [3.8, 4) is 0 Å². The van der Waals surface area contributed by atoms with Gasteiger partial charge in [-0.2, -0.15) is 0 Å². The lowest BCUT2D eigenvalue weighted by Gasteiger charge is -2.15. The van der Waals surface area contributed by atoms with Crippen molar-refractivity contribution in [3.05, 3.63) is 65.1 Å². The van der Waals surface area contributed by atoms with Crippen LogP contribution in [0.5, 0.6) is 0 Å². The Kier molecular flexibility index (Phi) is 6.31. The van der Waals surface area contributed by atoms with Crippen LogP contribution >= 0.6 is 23.4 Å². The van der Waals surface area contributed by atoms with Gasteiger partial charge in [-0.1, -0.05) is 17.7 Å². The zero-order valence-corrected chi connectivity index (χ0v) is 16.6. The first-order valence-corrected chi connectivity index (χ1v) is 10.0. The fourth-order valence-electron chi connectivity index (χ4n) is 2.82. The summed E-state index contributed by atoms with van der Waals surface area (Å²) in [5.74, 6) is -0.479. The van der Waals surface area contributed by atoms with Gasteiger partial charge in [0.2, 0.25) is 0 Å². The van der Waals surface area contributed by atoms with E-state index in [2.05, 4.69) is 16.4 Å². The van der Waals surface area contributed by atoms with Crippen molar-refractivity contribution in [2.24, 2.45) is 0 Å². The van der Waals surface area contributed by atoms with Crippen LogP contribution in [0.1, 0.15) is 5.56 Å². The number of fused-ring (bicyclic) bond motifs is 1. The van der Waals surface area contributed by atoms with E-state index < -0.39 is 0 Å². The van der Waals surface area contributed by atoms with Gasteiger partial charge in [-0.15, -0.1) is 11.8 Å². The van der Waals surface area contributed by atoms with Crippen molar-refractivity contribution >= 4 is 45.9 Å². The molecule has 0 saturated heterocycles. The molecule has 1 unspecified atom stereocenters. The molecule has 7 heteroatoms. The van der Waals surface area contributed by atoms with E-state index >= 15 is 0 Å². The van der Waals surface area contributed by atoms with Crippen molar-refractivity contribution in [1.29, 1.82) is 0 Å². The summed E-state index contributed by atoms with van der Waals surface area (Å²) in [5.41, 5.74) is 2.33. The number of nitrogens with one attached hydrogen (secondary N) is 2. The third-order valence-corrected chi connectivity index (χ3v) is 5.19. The van der Waals surface area contributed by atoms with Gasteiger partial charge in [0.05, 0.1) is 12.6 Å². The topological polar surface area (TPSA) is 46.4 Å². The molecule has 4 nitrogen and oxygen atoms in total. The number of aromatic nitrogens is 1. The molecule has 0 aliphatic carbocycles. The molecule has 1 amide bonds. The molecule has 1 atom stereocenters. The van der Waals surface area contributed by atoms with Gasteiger partial charge < -0.3 is 10.2 Å². The molecule has 0 bridgehead atoms. The second kappa shape index (κ2) is 8.69. The van der Waals surface area contributed by atoms with E-state index in [0.717, 1.165) is 26.3 Å². The van der Waals surface area contributed by atoms with E-state index in [1.807, 2.05) is 31.5 Å². The van der Waals surface area contributed by atoms with Gasteiger partial charge in [-0.3, -0.25) is 4.79 Å². The molecule has 0 aliphatic rings. The molecular formula is C20H20ClFN3OS+. The lowest BCUT2D eigenvalue weighted by Crippen LogP contribution is -3.08. The number of pyridine rings is 1. The minimum absolute atomic E-state index is 0.145. The molecule has 1 aromatic heterocycles. The molecule has 2 N–H and O–H groups in total. The number of hydrogen-bond acceptors (Lipinski definition) is 3. The number of amides is 1. The molecule has 2 aromatic carbocycles. The maximum absolute atomic E-state index is 12.9. The third kappa shape index (κ3) is 5.19. The smallest absolute Gasteiger partial charge is 0.279 e. The Hall–Kier alpha value is -2.15.